The van der Waals surface area contributed by atoms with E-state index in [0.717, 1.165) is 12.8 Å². The van der Waals surface area contributed by atoms with Gasteiger partial charge in [0.05, 0.1) is 17.9 Å². The normalized spacial score (nSPS) is 24.3. The molecule has 3 N–H and O–H groups in total. The van der Waals surface area contributed by atoms with Crippen LogP contribution in [0.1, 0.15) is 33.1 Å². The Balaban J connectivity index is 2.62. The van der Waals surface area contributed by atoms with E-state index in [9.17, 15) is 19.5 Å². The average Bonchev–Trinajstić information content (AvgIpc) is 2.45. The highest BCUT2D eigenvalue weighted by atomic mass is 16.4. The number of hydrogen-bond acceptors (Lipinski definition) is 4. The van der Waals surface area contributed by atoms with Gasteiger partial charge in [0, 0.05) is 13.1 Å². The first-order chi connectivity index (χ1) is 9.88. The molecule has 0 aliphatic carbocycles. The van der Waals surface area contributed by atoms with Crippen LogP contribution in [-0.2, 0) is 14.4 Å². The molecule has 1 heterocycles. The molecule has 0 aromatic rings. The molecule has 1 aliphatic rings. The van der Waals surface area contributed by atoms with Gasteiger partial charge in [0.25, 0.3) is 0 Å². The van der Waals surface area contributed by atoms with E-state index in [-0.39, 0.29) is 18.9 Å². The first-order valence-corrected chi connectivity index (χ1v) is 7.35. The number of carbonyl (C=O) groups excluding carboxylic acids is 1. The highest BCUT2D eigenvalue weighted by Crippen LogP contribution is 2.25. The Hall–Kier alpha value is -1.63. The Morgan fingerprint density at radius 3 is 2.38 bits per heavy atom. The fourth-order valence-electron chi connectivity index (χ4n) is 2.58. The molecular formula is C14H24N2O5. The van der Waals surface area contributed by atoms with Gasteiger partial charge < -0.3 is 15.5 Å². The number of piperidine rings is 1. The predicted octanol–water partition coefficient (Wildman–Crippen LogP) is 0.399. The Bertz CT molecular complexity index is 399. The lowest BCUT2D eigenvalue weighted by Crippen LogP contribution is -2.53. The van der Waals surface area contributed by atoms with E-state index >= 15 is 0 Å². The van der Waals surface area contributed by atoms with Crippen LogP contribution in [0.3, 0.4) is 0 Å². The SMILES string of the molecule is CCCCNC(=O)C(C)N1CCC(C(=O)O)C(C(=O)O)C1. The summed E-state index contributed by atoms with van der Waals surface area (Å²) >= 11 is 0. The van der Waals surface area contributed by atoms with Crippen molar-refractivity contribution in [2.45, 2.75) is 39.2 Å². The molecule has 0 bridgehead atoms. The Morgan fingerprint density at radius 2 is 1.86 bits per heavy atom. The van der Waals surface area contributed by atoms with Crippen molar-refractivity contribution in [2.75, 3.05) is 19.6 Å². The summed E-state index contributed by atoms with van der Waals surface area (Å²) in [6.07, 6.45) is 2.13. The standard InChI is InChI=1S/C14H24N2O5/c1-3-4-6-15-12(17)9(2)16-7-5-10(13(18)19)11(8-16)14(20)21/h9-11H,3-8H2,1-2H3,(H,15,17)(H,18,19)(H,20,21). The van der Waals surface area contributed by atoms with Gasteiger partial charge in [-0.3, -0.25) is 19.3 Å². The molecule has 0 aromatic heterocycles. The van der Waals surface area contributed by atoms with E-state index in [1.165, 1.54) is 0 Å². The van der Waals surface area contributed by atoms with Gasteiger partial charge in [0.15, 0.2) is 0 Å². The molecule has 1 rings (SSSR count). The highest BCUT2D eigenvalue weighted by molar-refractivity contribution is 5.82. The molecule has 21 heavy (non-hydrogen) atoms. The summed E-state index contributed by atoms with van der Waals surface area (Å²) in [4.78, 5) is 36.1. The average molecular weight is 300 g/mol. The van der Waals surface area contributed by atoms with Crippen molar-refractivity contribution in [3.63, 3.8) is 0 Å². The maximum absolute atomic E-state index is 12.0. The summed E-state index contributed by atoms with van der Waals surface area (Å²) in [6, 6.07) is -0.446. The second-order valence-electron chi connectivity index (χ2n) is 5.49. The van der Waals surface area contributed by atoms with E-state index in [1.54, 1.807) is 11.8 Å². The first kappa shape index (κ1) is 17.4. The molecule has 3 unspecified atom stereocenters. The minimum absolute atomic E-state index is 0.0919. The van der Waals surface area contributed by atoms with Gasteiger partial charge in [-0.15, -0.1) is 0 Å². The lowest BCUT2D eigenvalue weighted by molar-refractivity contribution is -0.158. The summed E-state index contributed by atoms with van der Waals surface area (Å²) in [7, 11) is 0. The van der Waals surface area contributed by atoms with Gasteiger partial charge in [0.1, 0.15) is 0 Å². The number of unbranched alkanes of at least 4 members (excludes halogenated alkanes) is 1. The van der Waals surface area contributed by atoms with Gasteiger partial charge in [-0.2, -0.15) is 0 Å². The molecule has 0 aromatic carbocycles. The Kier molecular flexibility index (Phi) is 6.61. The molecule has 1 amide bonds. The summed E-state index contributed by atoms with van der Waals surface area (Å²) in [5.41, 5.74) is 0. The second kappa shape index (κ2) is 7.97. The molecule has 7 nitrogen and oxygen atoms in total. The molecule has 1 saturated heterocycles. The van der Waals surface area contributed by atoms with Crippen LogP contribution in [0.15, 0.2) is 0 Å². The van der Waals surface area contributed by atoms with E-state index in [0.29, 0.717) is 13.1 Å². The first-order valence-electron chi connectivity index (χ1n) is 7.35. The summed E-state index contributed by atoms with van der Waals surface area (Å²) < 4.78 is 0. The molecule has 7 heteroatoms. The van der Waals surface area contributed by atoms with E-state index < -0.39 is 29.8 Å². The van der Waals surface area contributed by atoms with E-state index in [2.05, 4.69) is 5.32 Å². The zero-order chi connectivity index (χ0) is 16.0. The van der Waals surface area contributed by atoms with Crippen molar-refractivity contribution >= 4 is 17.8 Å². The Labute approximate surface area is 124 Å². The number of carboxylic acids is 2. The molecule has 120 valence electrons. The van der Waals surface area contributed by atoms with Crippen LogP contribution in [0.2, 0.25) is 0 Å². The van der Waals surface area contributed by atoms with Gasteiger partial charge >= 0.3 is 11.9 Å². The molecule has 1 aliphatic heterocycles. The van der Waals surface area contributed by atoms with Crippen molar-refractivity contribution in [1.29, 1.82) is 0 Å². The van der Waals surface area contributed by atoms with E-state index in [4.69, 9.17) is 5.11 Å². The minimum Gasteiger partial charge on any atom is -0.481 e. The van der Waals surface area contributed by atoms with Gasteiger partial charge in [-0.25, -0.2) is 0 Å². The second-order valence-corrected chi connectivity index (χ2v) is 5.49. The summed E-state index contributed by atoms with van der Waals surface area (Å²) in [5.74, 6) is -4.19. The predicted molar refractivity (Wildman–Crippen MR) is 75.8 cm³/mol. The zero-order valence-electron chi connectivity index (χ0n) is 12.5. The number of likely N-dealkylation sites (tertiary alicyclic amines) is 1. The number of carbonyl (C=O) groups is 3. The number of amides is 1. The number of carboxylic acid groups (broad SMARTS) is 2. The van der Waals surface area contributed by atoms with Crippen LogP contribution in [0, 0.1) is 11.8 Å². The molecule has 0 saturated carbocycles. The van der Waals surface area contributed by atoms with Crippen molar-refractivity contribution < 1.29 is 24.6 Å². The maximum Gasteiger partial charge on any atom is 0.308 e. The lowest BCUT2D eigenvalue weighted by atomic mass is 9.85. The minimum atomic E-state index is -1.12. The van der Waals surface area contributed by atoms with Crippen molar-refractivity contribution in [3.05, 3.63) is 0 Å². The van der Waals surface area contributed by atoms with Crippen LogP contribution in [-0.4, -0.2) is 58.6 Å². The smallest absolute Gasteiger partial charge is 0.308 e. The molecule has 1 fully saturated rings. The van der Waals surface area contributed by atoms with Gasteiger partial charge in [0.2, 0.25) is 5.91 Å². The molecule has 3 atom stereocenters. The zero-order valence-corrected chi connectivity index (χ0v) is 12.5. The van der Waals surface area contributed by atoms with Crippen LogP contribution in [0.25, 0.3) is 0 Å². The van der Waals surface area contributed by atoms with Crippen LogP contribution in [0.5, 0.6) is 0 Å². The molecule has 0 radical (unpaired) electrons. The number of rotatable bonds is 7. The van der Waals surface area contributed by atoms with Crippen molar-refractivity contribution in [3.8, 4) is 0 Å². The van der Waals surface area contributed by atoms with E-state index in [1.807, 2.05) is 6.92 Å². The number of aliphatic carboxylic acids is 2. The molecule has 0 spiro atoms. The van der Waals surface area contributed by atoms with Crippen molar-refractivity contribution in [1.82, 2.24) is 10.2 Å². The third-order valence-corrected chi connectivity index (χ3v) is 4.04. The number of hydrogen-bond donors (Lipinski definition) is 3. The van der Waals surface area contributed by atoms with Gasteiger partial charge in [-0.05, 0) is 26.3 Å². The van der Waals surface area contributed by atoms with Crippen molar-refractivity contribution in [2.24, 2.45) is 11.8 Å². The third-order valence-electron chi connectivity index (χ3n) is 4.04. The quantitative estimate of drug-likeness (QED) is 0.587. The molecular weight excluding hydrogens is 276 g/mol. The lowest BCUT2D eigenvalue weighted by Gasteiger charge is -2.37. The fourth-order valence-corrected chi connectivity index (χ4v) is 2.58. The monoisotopic (exact) mass is 300 g/mol. The third kappa shape index (κ3) is 4.70. The Morgan fingerprint density at radius 1 is 1.24 bits per heavy atom. The fraction of sp³-hybridized carbons (Fsp3) is 0.786. The highest BCUT2D eigenvalue weighted by Gasteiger charge is 2.40. The summed E-state index contributed by atoms with van der Waals surface area (Å²) in [6.45, 7) is 4.87. The van der Waals surface area contributed by atoms with Gasteiger partial charge in [-0.1, -0.05) is 13.3 Å². The maximum atomic E-state index is 12.0. The number of nitrogens with one attached hydrogen (secondary N) is 1. The van der Waals surface area contributed by atoms with Crippen LogP contribution >= 0.6 is 0 Å². The topological polar surface area (TPSA) is 107 Å². The largest absolute Gasteiger partial charge is 0.481 e. The van der Waals surface area contributed by atoms with Crippen LogP contribution < -0.4 is 5.32 Å². The number of nitrogens with zero attached hydrogens (tertiary/aromatic N) is 1. The van der Waals surface area contributed by atoms with Crippen LogP contribution in [0.4, 0.5) is 0 Å². The summed E-state index contributed by atoms with van der Waals surface area (Å²) in [5, 5.41) is 21.1.